The van der Waals surface area contributed by atoms with Crippen molar-refractivity contribution in [3.8, 4) is 17.4 Å². The Labute approximate surface area is 166 Å². The first-order chi connectivity index (χ1) is 14.2. The van der Waals surface area contributed by atoms with Crippen molar-refractivity contribution in [3.05, 3.63) is 84.8 Å². The van der Waals surface area contributed by atoms with E-state index in [1.807, 2.05) is 17.7 Å². The number of anilines is 1. The Hall–Kier alpha value is -4.20. The smallest absolute Gasteiger partial charge is 0.248 e. The van der Waals surface area contributed by atoms with Crippen LogP contribution in [0.5, 0.6) is 11.6 Å². The molecule has 8 nitrogen and oxygen atoms in total. The van der Waals surface area contributed by atoms with E-state index >= 15 is 0 Å². The lowest BCUT2D eigenvalue weighted by atomic mass is 10.3. The molecule has 0 radical (unpaired) electrons. The van der Waals surface area contributed by atoms with Gasteiger partial charge in [0.05, 0.1) is 6.26 Å². The maximum Gasteiger partial charge on any atom is 0.248 e. The molecule has 0 unspecified atom stereocenters. The van der Waals surface area contributed by atoms with Crippen LogP contribution < -0.4 is 10.1 Å². The molecule has 0 spiro atoms. The van der Waals surface area contributed by atoms with Gasteiger partial charge in [-0.3, -0.25) is 9.36 Å². The van der Waals surface area contributed by atoms with Gasteiger partial charge in [0.2, 0.25) is 11.8 Å². The highest BCUT2D eigenvalue weighted by atomic mass is 16.5. The van der Waals surface area contributed by atoms with Crippen LogP contribution in [0.4, 0.5) is 5.69 Å². The normalized spacial score (nSPS) is 10.9. The molecule has 144 valence electrons. The molecule has 4 aromatic rings. The van der Waals surface area contributed by atoms with Gasteiger partial charge in [-0.05, 0) is 55.5 Å². The average Bonchev–Trinajstić information content (AvgIpc) is 3.40. The molecule has 8 heteroatoms. The number of ether oxygens (including phenoxy) is 1. The molecule has 3 heterocycles. The van der Waals surface area contributed by atoms with Crippen LogP contribution in [-0.4, -0.2) is 25.7 Å². The highest BCUT2D eigenvalue weighted by Crippen LogP contribution is 2.21. The van der Waals surface area contributed by atoms with Crippen LogP contribution in [-0.2, 0) is 4.79 Å². The van der Waals surface area contributed by atoms with Crippen LogP contribution in [0.25, 0.3) is 11.9 Å². The minimum atomic E-state index is -0.258. The molecule has 0 saturated carbocycles. The molecule has 1 N–H and O–H groups in total. The highest BCUT2D eigenvalue weighted by Gasteiger charge is 2.05. The third kappa shape index (κ3) is 4.56. The average molecular weight is 387 g/mol. The summed E-state index contributed by atoms with van der Waals surface area (Å²) in [5.41, 5.74) is 0.642. The number of aromatic nitrogens is 4. The standard InChI is InChI=1S/C21H17N5O3/c1-15-22-12-13-26(15)19-9-11-21(25-24-19)29-18-6-4-16(5-7-18)23-20(27)10-8-17-3-2-14-28-17/h2-14H,1H3,(H,23,27)/b10-8+. The number of amides is 1. The summed E-state index contributed by atoms with van der Waals surface area (Å²) in [6.07, 6.45) is 8.07. The van der Waals surface area contributed by atoms with E-state index in [-0.39, 0.29) is 5.91 Å². The molecule has 0 aliphatic heterocycles. The van der Waals surface area contributed by atoms with E-state index < -0.39 is 0 Å². The number of carbonyl (C=O) groups excluding carboxylic acids is 1. The number of imidazole rings is 1. The summed E-state index contributed by atoms with van der Waals surface area (Å²) < 4.78 is 12.7. The number of furan rings is 1. The molecule has 1 aromatic carbocycles. The van der Waals surface area contributed by atoms with Gasteiger partial charge in [-0.1, -0.05) is 0 Å². The second-order valence-corrected chi connectivity index (χ2v) is 6.04. The van der Waals surface area contributed by atoms with Gasteiger partial charge in [0.15, 0.2) is 5.82 Å². The molecular weight excluding hydrogens is 370 g/mol. The third-order valence-electron chi connectivity index (χ3n) is 3.98. The summed E-state index contributed by atoms with van der Waals surface area (Å²) in [7, 11) is 0. The Kier molecular flexibility index (Phi) is 5.15. The number of nitrogens with one attached hydrogen (secondary N) is 1. The minimum absolute atomic E-state index is 0.258. The summed E-state index contributed by atoms with van der Waals surface area (Å²) in [5.74, 6) is 2.78. The number of hydrogen-bond donors (Lipinski definition) is 1. The molecule has 0 aliphatic carbocycles. The zero-order valence-corrected chi connectivity index (χ0v) is 15.5. The number of aryl methyl sites for hydroxylation is 1. The van der Waals surface area contributed by atoms with Crippen molar-refractivity contribution in [2.75, 3.05) is 5.32 Å². The zero-order valence-electron chi connectivity index (χ0n) is 15.5. The molecule has 0 fully saturated rings. The number of rotatable bonds is 6. The lowest BCUT2D eigenvalue weighted by Crippen LogP contribution is -2.07. The van der Waals surface area contributed by atoms with Gasteiger partial charge in [-0.25, -0.2) is 4.98 Å². The van der Waals surface area contributed by atoms with Gasteiger partial charge in [0, 0.05) is 30.2 Å². The van der Waals surface area contributed by atoms with Crippen molar-refractivity contribution in [1.29, 1.82) is 0 Å². The Bertz CT molecular complexity index is 1110. The second-order valence-electron chi connectivity index (χ2n) is 6.04. The molecule has 29 heavy (non-hydrogen) atoms. The summed E-state index contributed by atoms with van der Waals surface area (Å²) >= 11 is 0. The fourth-order valence-corrected chi connectivity index (χ4v) is 2.57. The van der Waals surface area contributed by atoms with Crippen molar-refractivity contribution < 1.29 is 13.9 Å². The number of hydrogen-bond acceptors (Lipinski definition) is 6. The first-order valence-corrected chi connectivity index (χ1v) is 8.82. The molecule has 3 aromatic heterocycles. The Morgan fingerprint density at radius 2 is 2.00 bits per heavy atom. The summed E-state index contributed by atoms with van der Waals surface area (Å²) in [5, 5.41) is 11.0. The van der Waals surface area contributed by atoms with E-state index in [0.717, 1.165) is 5.82 Å². The van der Waals surface area contributed by atoms with Crippen LogP contribution in [0.3, 0.4) is 0 Å². The molecule has 4 rings (SSSR count). The van der Waals surface area contributed by atoms with Gasteiger partial charge in [-0.2, -0.15) is 0 Å². The maximum atomic E-state index is 11.9. The van der Waals surface area contributed by atoms with E-state index in [4.69, 9.17) is 9.15 Å². The van der Waals surface area contributed by atoms with Gasteiger partial charge in [0.1, 0.15) is 17.3 Å². The monoisotopic (exact) mass is 387 g/mol. The predicted molar refractivity (Wildman–Crippen MR) is 107 cm³/mol. The first-order valence-electron chi connectivity index (χ1n) is 8.82. The molecule has 0 atom stereocenters. The van der Waals surface area contributed by atoms with Crippen molar-refractivity contribution in [1.82, 2.24) is 19.7 Å². The van der Waals surface area contributed by atoms with Gasteiger partial charge in [0.25, 0.3) is 0 Å². The lowest BCUT2D eigenvalue weighted by molar-refractivity contribution is -0.111. The Morgan fingerprint density at radius 3 is 2.66 bits per heavy atom. The Balaban J connectivity index is 1.35. The topological polar surface area (TPSA) is 95.1 Å². The summed E-state index contributed by atoms with van der Waals surface area (Å²) in [6, 6.07) is 14.0. The molecule has 1 amide bonds. The van der Waals surface area contributed by atoms with Crippen LogP contribution in [0.15, 0.2) is 77.7 Å². The molecule has 0 bridgehead atoms. The van der Waals surface area contributed by atoms with E-state index in [9.17, 15) is 4.79 Å². The van der Waals surface area contributed by atoms with E-state index in [1.54, 1.807) is 67.1 Å². The highest BCUT2D eigenvalue weighted by molar-refractivity contribution is 6.01. The number of benzene rings is 1. The van der Waals surface area contributed by atoms with Gasteiger partial charge < -0.3 is 14.5 Å². The van der Waals surface area contributed by atoms with E-state index in [0.29, 0.717) is 28.9 Å². The van der Waals surface area contributed by atoms with E-state index in [1.165, 1.54) is 6.08 Å². The maximum absolute atomic E-state index is 11.9. The fraction of sp³-hybridized carbons (Fsp3) is 0.0476. The van der Waals surface area contributed by atoms with Crippen molar-refractivity contribution in [2.45, 2.75) is 6.92 Å². The third-order valence-corrected chi connectivity index (χ3v) is 3.98. The number of carbonyl (C=O) groups is 1. The van der Waals surface area contributed by atoms with Gasteiger partial charge >= 0.3 is 0 Å². The Morgan fingerprint density at radius 1 is 1.14 bits per heavy atom. The zero-order chi connectivity index (χ0) is 20.1. The van der Waals surface area contributed by atoms with Crippen molar-refractivity contribution in [2.24, 2.45) is 0 Å². The van der Waals surface area contributed by atoms with Crippen molar-refractivity contribution in [3.63, 3.8) is 0 Å². The van der Waals surface area contributed by atoms with Crippen molar-refractivity contribution >= 4 is 17.7 Å². The SMILES string of the molecule is Cc1nccn1-c1ccc(Oc2ccc(NC(=O)/C=C/c3ccco3)cc2)nn1. The minimum Gasteiger partial charge on any atom is -0.465 e. The molecule has 0 aliphatic rings. The lowest BCUT2D eigenvalue weighted by Gasteiger charge is -2.07. The quantitative estimate of drug-likeness (QED) is 0.502. The summed E-state index contributed by atoms with van der Waals surface area (Å²) in [4.78, 5) is 16.1. The van der Waals surface area contributed by atoms with Crippen LogP contribution in [0.2, 0.25) is 0 Å². The first kappa shape index (κ1) is 18.2. The molecule has 0 saturated heterocycles. The van der Waals surface area contributed by atoms with E-state index in [2.05, 4.69) is 20.5 Å². The second kappa shape index (κ2) is 8.22. The summed E-state index contributed by atoms with van der Waals surface area (Å²) in [6.45, 7) is 1.89. The largest absolute Gasteiger partial charge is 0.465 e. The number of nitrogens with zero attached hydrogens (tertiary/aromatic N) is 4. The molecular formula is C21H17N5O3. The predicted octanol–water partition coefficient (Wildman–Crippen LogP) is 4.01. The fourth-order valence-electron chi connectivity index (χ4n) is 2.57. The van der Waals surface area contributed by atoms with Gasteiger partial charge in [-0.15, -0.1) is 10.2 Å². The van der Waals surface area contributed by atoms with Crippen LogP contribution >= 0.6 is 0 Å². The van der Waals surface area contributed by atoms with Crippen LogP contribution in [0.1, 0.15) is 11.6 Å². The van der Waals surface area contributed by atoms with Crippen LogP contribution in [0, 0.1) is 6.92 Å².